The van der Waals surface area contributed by atoms with Crippen molar-refractivity contribution in [3.05, 3.63) is 24.2 Å². The Bertz CT molecular complexity index is 517. The molecule has 2 fully saturated rings. The number of carbonyl (C=O) groups is 2. The van der Waals surface area contributed by atoms with Crippen LogP contribution in [0.4, 0.5) is 4.79 Å². The highest BCUT2D eigenvalue weighted by atomic mass is 16.3. The van der Waals surface area contributed by atoms with Crippen molar-refractivity contribution in [2.24, 2.45) is 0 Å². The molecule has 1 aliphatic carbocycles. The van der Waals surface area contributed by atoms with Crippen molar-refractivity contribution in [3.63, 3.8) is 0 Å². The van der Waals surface area contributed by atoms with Crippen LogP contribution in [0.2, 0.25) is 0 Å². The van der Waals surface area contributed by atoms with E-state index in [0.717, 1.165) is 32.2 Å². The summed E-state index contributed by atoms with van der Waals surface area (Å²) >= 11 is 0. The van der Waals surface area contributed by atoms with Gasteiger partial charge in [-0.15, -0.1) is 0 Å². The maximum Gasteiger partial charge on any atom is 0.317 e. The van der Waals surface area contributed by atoms with Crippen LogP contribution in [0.1, 0.15) is 43.0 Å². The largest absolute Gasteiger partial charge is 0.472 e. The lowest BCUT2D eigenvalue weighted by Crippen LogP contribution is -2.50. The second-order valence-corrected chi connectivity index (χ2v) is 6.05. The first-order chi connectivity index (χ1) is 10.7. The summed E-state index contributed by atoms with van der Waals surface area (Å²) in [5, 5.41) is 3.12. The van der Waals surface area contributed by atoms with E-state index in [4.69, 9.17) is 4.42 Å². The summed E-state index contributed by atoms with van der Waals surface area (Å²) in [5.41, 5.74) is 0.591. The normalized spacial score (nSPS) is 19.0. The summed E-state index contributed by atoms with van der Waals surface area (Å²) in [6.07, 6.45) is 6.84. The summed E-state index contributed by atoms with van der Waals surface area (Å²) in [7, 11) is 0. The van der Waals surface area contributed by atoms with Crippen LogP contribution < -0.4 is 5.32 Å². The SMILES string of the molecule is CCN(C(=O)NC1CCN(C(=O)c2ccoc2)CC1)C1CC1. The van der Waals surface area contributed by atoms with Gasteiger partial charge in [0.25, 0.3) is 5.91 Å². The minimum Gasteiger partial charge on any atom is -0.472 e. The molecule has 1 aromatic rings. The van der Waals surface area contributed by atoms with Gasteiger partial charge in [0.2, 0.25) is 0 Å². The number of hydrogen-bond acceptors (Lipinski definition) is 3. The molecule has 1 saturated heterocycles. The van der Waals surface area contributed by atoms with E-state index in [1.165, 1.54) is 12.5 Å². The number of amides is 3. The maximum atomic E-state index is 12.2. The lowest BCUT2D eigenvalue weighted by Gasteiger charge is -2.33. The molecule has 3 amide bonds. The number of hydrogen-bond donors (Lipinski definition) is 1. The monoisotopic (exact) mass is 305 g/mol. The predicted octanol–water partition coefficient (Wildman–Crippen LogP) is 2.08. The average Bonchev–Trinajstić information content (AvgIpc) is 3.20. The molecule has 22 heavy (non-hydrogen) atoms. The molecule has 6 heteroatoms. The van der Waals surface area contributed by atoms with E-state index in [9.17, 15) is 9.59 Å². The van der Waals surface area contributed by atoms with Gasteiger partial charge in [0.1, 0.15) is 6.26 Å². The van der Waals surface area contributed by atoms with E-state index in [2.05, 4.69) is 5.32 Å². The van der Waals surface area contributed by atoms with Gasteiger partial charge in [-0.05, 0) is 38.7 Å². The van der Waals surface area contributed by atoms with Crippen LogP contribution in [0.3, 0.4) is 0 Å². The fourth-order valence-corrected chi connectivity index (χ4v) is 3.01. The maximum absolute atomic E-state index is 12.2. The van der Waals surface area contributed by atoms with Crippen LogP contribution in [-0.4, -0.2) is 53.5 Å². The van der Waals surface area contributed by atoms with Crippen molar-refractivity contribution >= 4 is 11.9 Å². The number of nitrogens with one attached hydrogen (secondary N) is 1. The molecule has 120 valence electrons. The molecule has 2 heterocycles. The second-order valence-electron chi connectivity index (χ2n) is 6.05. The van der Waals surface area contributed by atoms with Crippen molar-refractivity contribution in [1.29, 1.82) is 0 Å². The molecule has 1 aliphatic heterocycles. The molecule has 0 radical (unpaired) electrons. The van der Waals surface area contributed by atoms with Crippen molar-refractivity contribution in [2.45, 2.75) is 44.7 Å². The molecule has 2 aliphatic rings. The zero-order chi connectivity index (χ0) is 15.5. The minimum absolute atomic E-state index is 0.00620. The van der Waals surface area contributed by atoms with Crippen LogP contribution in [0, 0.1) is 0 Å². The summed E-state index contributed by atoms with van der Waals surface area (Å²) in [6, 6.07) is 2.33. The number of piperidine rings is 1. The van der Waals surface area contributed by atoms with Crippen molar-refractivity contribution in [2.75, 3.05) is 19.6 Å². The predicted molar refractivity (Wildman–Crippen MR) is 81.6 cm³/mol. The highest BCUT2D eigenvalue weighted by Gasteiger charge is 2.33. The fraction of sp³-hybridized carbons (Fsp3) is 0.625. The lowest BCUT2D eigenvalue weighted by atomic mass is 10.0. The highest BCUT2D eigenvalue weighted by Crippen LogP contribution is 2.26. The van der Waals surface area contributed by atoms with Gasteiger partial charge >= 0.3 is 6.03 Å². The quantitative estimate of drug-likeness (QED) is 0.926. The molecule has 0 aromatic carbocycles. The van der Waals surface area contributed by atoms with E-state index in [1.54, 1.807) is 6.07 Å². The second kappa shape index (κ2) is 6.42. The van der Waals surface area contributed by atoms with Crippen LogP contribution >= 0.6 is 0 Å². The summed E-state index contributed by atoms with van der Waals surface area (Å²) in [4.78, 5) is 28.2. The molecule has 3 rings (SSSR count). The van der Waals surface area contributed by atoms with Gasteiger partial charge in [0.05, 0.1) is 11.8 Å². The van der Waals surface area contributed by atoms with Gasteiger partial charge in [0, 0.05) is 31.7 Å². The first kappa shape index (κ1) is 14.9. The van der Waals surface area contributed by atoms with Gasteiger partial charge in [-0.2, -0.15) is 0 Å². The Kier molecular flexibility index (Phi) is 4.36. The molecule has 0 spiro atoms. The molecular formula is C16H23N3O3. The molecule has 1 saturated carbocycles. The number of urea groups is 1. The number of nitrogens with zero attached hydrogens (tertiary/aromatic N) is 2. The lowest BCUT2D eigenvalue weighted by molar-refractivity contribution is 0.0705. The minimum atomic E-state index is 0.00620. The smallest absolute Gasteiger partial charge is 0.317 e. The van der Waals surface area contributed by atoms with Crippen LogP contribution in [0.15, 0.2) is 23.0 Å². The van der Waals surface area contributed by atoms with Gasteiger partial charge in [-0.3, -0.25) is 4.79 Å². The summed E-state index contributed by atoms with van der Waals surface area (Å²) < 4.78 is 4.96. The fourth-order valence-electron chi connectivity index (χ4n) is 3.01. The number of furan rings is 1. The topological polar surface area (TPSA) is 65.8 Å². The van der Waals surface area contributed by atoms with Crippen LogP contribution in [0.25, 0.3) is 0 Å². The number of carbonyl (C=O) groups excluding carboxylic acids is 2. The Morgan fingerprint density at radius 3 is 2.59 bits per heavy atom. The van der Waals surface area contributed by atoms with E-state index in [0.29, 0.717) is 24.7 Å². The van der Waals surface area contributed by atoms with E-state index < -0.39 is 0 Å². The van der Waals surface area contributed by atoms with E-state index >= 15 is 0 Å². The number of likely N-dealkylation sites (tertiary alicyclic amines) is 1. The van der Waals surface area contributed by atoms with Gasteiger partial charge in [-0.1, -0.05) is 0 Å². The highest BCUT2D eigenvalue weighted by molar-refractivity contribution is 5.93. The summed E-state index contributed by atoms with van der Waals surface area (Å²) in [5.74, 6) is 0.00620. The molecule has 0 unspecified atom stereocenters. The third-order valence-electron chi connectivity index (χ3n) is 4.47. The third-order valence-corrected chi connectivity index (χ3v) is 4.47. The Balaban J connectivity index is 1.47. The average molecular weight is 305 g/mol. The molecule has 1 N–H and O–H groups in total. The van der Waals surface area contributed by atoms with Gasteiger partial charge in [0.15, 0.2) is 0 Å². The molecule has 0 atom stereocenters. The summed E-state index contributed by atoms with van der Waals surface area (Å²) in [6.45, 7) is 4.12. The van der Waals surface area contributed by atoms with Gasteiger partial charge < -0.3 is 19.5 Å². The van der Waals surface area contributed by atoms with Gasteiger partial charge in [-0.25, -0.2) is 4.79 Å². The zero-order valence-electron chi connectivity index (χ0n) is 13.0. The van der Waals surface area contributed by atoms with Crippen molar-refractivity contribution in [3.8, 4) is 0 Å². The Labute approximate surface area is 130 Å². The molecular weight excluding hydrogens is 282 g/mol. The molecule has 1 aromatic heterocycles. The van der Waals surface area contributed by atoms with E-state index in [-0.39, 0.29) is 18.0 Å². The first-order valence-corrected chi connectivity index (χ1v) is 8.07. The molecule has 0 bridgehead atoms. The van der Waals surface area contributed by atoms with Crippen molar-refractivity contribution < 1.29 is 14.0 Å². The Hall–Kier alpha value is -1.98. The number of rotatable bonds is 4. The first-order valence-electron chi connectivity index (χ1n) is 8.07. The van der Waals surface area contributed by atoms with Crippen molar-refractivity contribution in [1.82, 2.24) is 15.1 Å². The van der Waals surface area contributed by atoms with Crippen LogP contribution in [0.5, 0.6) is 0 Å². The molecule has 6 nitrogen and oxygen atoms in total. The Morgan fingerprint density at radius 1 is 1.32 bits per heavy atom. The van der Waals surface area contributed by atoms with E-state index in [1.807, 2.05) is 16.7 Å². The third kappa shape index (κ3) is 3.26. The standard InChI is InChI=1S/C16H23N3O3/c1-2-19(14-3-4-14)16(21)17-13-5-8-18(9-6-13)15(20)12-7-10-22-11-12/h7,10-11,13-14H,2-6,8-9H2,1H3,(H,17,21). The van der Waals surface area contributed by atoms with Crippen LogP contribution in [-0.2, 0) is 0 Å². The Morgan fingerprint density at radius 2 is 2.05 bits per heavy atom. The zero-order valence-corrected chi connectivity index (χ0v) is 13.0.